The molecule has 0 aliphatic heterocycles. The van der Waals surface area contributed by atoms with Crippen LogP contribution in [0.3, 0.4) is 0 Å². The number of aromatic carboxylic acids is 1. The largest absolute Gasteiger partial charge is 0.493 e. The summed E-state index contributed by atoms with van der Waals surface area (Å²) in [7, 11) is 0. The molecule has 0 radical (unpaired) electrons. The van der Waals surface area contributed by atoms with Crippen LogP contribution in [-0.4, -0.2) is 39.6 Å². The van der Waals surface area contributed by atoms with E-state index in [-0.39, 0.29) is 23.2 Å². The second-order valence-corrected chi connectivity index (χ2v) is 8.18. The van der Waals surface area contributed by atoms with E-state index < -0.39 is 5.97 Å². The molecule has 32 heavy (non-hydrogen) atoms. The number of amides is 1. The molecule has 1 aliphatic carbocycles. The van der Waals surface area contributed by atoms with Gasteiger partial charge in [-0.1, -0.05) is 6.07 Å². The predicted molar refractivity (Wildman–Crippen MR) is 121 cm³/mol. The van der Waals surface area contributed by atoms with Crippen LogP contribution in [0.4, 0.5) is 5.69 Å². The van der Waals surface area contributed by atoms with Gasteiger partial charge in [-0.25, -0.2) is 4.79 Å². The van der Waals surface area contributed by atoms with E-state index in [1.807, 2.05) is 6.07 Å². The third-order valence-electron chi connectivity index (χ3n) is 6.01. The molecule has 3 aromatic rings. The molecule has 1 aliphatic rings. The Hall–Kier alpha value is -3.68. The zero-order valence-corrected chi connectivity index (χ0v) is 17.9. The number of ether oxygens (including phenoxy) is 1. The fraction of sp³-hybridized carbons (Fsp3) is 0.333. The maximum absolute atomic E-state index is 12.3. The summed E-state index contributed by atoms with van der Waals surface area (Å²) in [5.41, 5.74) is 8.00. The van der Waals surface area contributed by atoms with Crippen LogP contribution >= 0.6 is 0 Å². The molecule has 0 bridgehead atoms. The lowest BCUT2D eigenvalue weighted by Crippen LogP contribution is -2.38. The van der Waals surface area contributed by atoms with Gasteiger partial charge in [-0.05, 0) is 62.8 Å². The van der Waals surface area contributed by atoms with Gasteiger partial charge in [0.2, 0.25) is 0 Å². The van der Waals surface area contributed by atoms with E-state index in [4.69, 9.17) is 10.5 Å². The van der Waals surface area contributed by atoms with Crippen molar-refractivity contribution in [2.24, 2.45) is 5.92 Å². The van der Waals surface area contributed by atoms with Crippen LogP contribution in [0.2, 0.25) is 0 Å². The molecular weight excluding hydrogens is 408 g/mol. The summed E-state index contributed by atoms with van der Waals surface area (Å²) in [5, 5.41) is 13.1. The number of carbonyl (C=O) groups is 2. The number of fused-ring (bicyclic) bond motifs is 1. The molecule has 0 spiro atoms. The van der Waals surface area contributed by atoms with Crippen LogP contribution < -0.4 is 15.8 Å². The highest BCUT2D eigenvalue weighted by molar-refractivity contribution is 6.06. The number of nitrogen functional groups attached to an aromatic ring is 1. The van der Waals surface area contributed by atoms with Crippen LogP contribution in [0, 0.1) is 12.8 Å². The Morgan fingerprint density at radius 3 is 2.56 bits per heavy atom. The van der Waals surface area contributed by atoms with Gasteiger partial charge < -0.3 is 20.9 Å². The molecule has 8 heteroatoms. The lowest BCUT2D eigenvalue weighted by Gasteiger charge is -2.29. The molecule has 0 unspecified atom stereocenters. The fourth-order valence-corrected chi connectivity index (χ4v) is 4.28. The number of aryl methyl sites for hydroxylation is 1. The standard InChI is InChI=1S/C24H26N4O4/c1-14-20(24(30)31)22(25)21-18(27-14)3-2-4-19(21)32-13-15-5-7-17(8-6-15)28-23(29)16-9-11-26-12-10-16/h2-4,9-12,15,17H,5-8,13H2,1H3,(H2,25,27)(H,28,29)(H,30,31). The first-order chi connectivity index (χ1) is 15.4. The molecule has 1 amide bonds. The van der Waals surface area contributed by atoms with Gasteiger partial charge in [0.1, 0.15) is 11.3 Å². The average molecular weight is 434 g/mol. The van der Waals surface area contributed by atoms with Crippen molar-refractivity contribution in [1.82, 2.24) is 15.3 Å². The summed E-state index contributed by atoms with van der Waals surface area (Å²) in [6, 6.07) is 8.98. The number of nitrogens with two attached hydrogens (primary N) is 1. The quantitative estimate of drug-likeness (QED) is 0.541. The topological polar surface area (TPSA) is 127 Å². The number of carboxylic acid groups (broad SMARTS) is 1. The summed E-state index contributed by atoms with van der Waals surface area (Å²) >= 11 is 0. The van der Waals surface area contributed by atoms with Gasteiger partial charge in [-0.3, -0.25) is 14.8 Å². The van der Waals surface area contributed by atoms with E-state index in [0.717, 1.165) is 25.7 Å². The first-order valence-corrected chi connectivity index (χ1v) is 10.7. The predicted octanol–water partition coefficient (Wildman–Crippen LogP) is 3.59. The van der Waals surface area contributed by atoms with E-state index in [1.54, 1.807) is 43.6 Å². The Kier molecular flexibility index (Phi) is 6.20. The number of carbonyl (C=O) groups excluding carboxylic acids is 1. The molecule has 4 rings (SSSR count). The van der Waals surface area contributed by atoms with E-state index >= 15 is 0 Å². The minimum Gasteiger partial charge on any atom is -0.493 e. The van der Waals surface area contributed by atoms with Gasteiger partial charge in [0, 0.05) is 24.0 Å². The average Bonchev–Trinajstić information content (AvgIpc) is 2.78. The monoisotopic (exact) mass is 434 g/mol. The first-order valence-electron chi connectivity index (χ1n) is 10.7. The number of nitrogens with one attached hydrogen (secondary N) is 1. The number of benzene rings is 1. The minimum absolute atomic E-state index is 0.0130. The fourth-order valence-electron chi connectivity index (χ4n) is 4.28. The number of rotatable bonds is 6. The Labute approximate surface area is 185 Å². The van der Waals surface area contributed by atoms with Gasteiger partial charge in [0.25, 0.3) is 5.91 Å². The molecule has 166 valence electrons. The van der Waals surface area contributed by atoms with Crippen molar-refractivity contribution in [1.29, 1.82) is 0 Å². The van der Waals surface area contributed by atoms with E-state index in [1.165, 1.54) is 0 Å². The van der Waals surface area contributed by atoms with Crippen LogP contribution in [0.15, 0.2) is 42.7 Å². The van der Waals surface area contributed by atoms with Crippen molar-refractivity contribution in [3.63, 3.8) is 0 Å². The number of pyridine rings is 2. The molecule has 2 aromatic heterocycles. The summed E-state index contributed by atoms with van der Waals surface area (Å²) in [5.74, 6) is -0.285. The molecule has 1 aromatic carbocycles. The summed E-state index contributed by atoms with van der Waals surface area (Å²) in [4.78, 5) is 32.3. The van der Waals surface area contributed by atoms with Crippen molar-refractivity contribution < 1.29 is 19.4 Å². The molecule has 4 N–H and O–H groups in total. The Morgan fingerprint density at radius 1 is 1.16 bits per heavy atom. The number of aromatic nitrogens is 2. The third kappa shape index (κ3) is 4.49. The molecule has 1 fully saturated rings. The van der Waals surface area contributed by atoms with Gasteiger partial charge in [0.15, 0.2) is 0 Å². The Morgan fingerprint density at radius 2 is 1.88 bits per heavy atom. The van der Waals surface area contributed by atoms with Gasteiger partial charge in [0.05, 0.1) is 28.9 Å². The summed E-state index contributed by atoms with van der Waals surface area (Å²) in [6.07, 6.45) is 6.84. The highest BCUT2D eigenvalue weighted by atomic mass is 16.5. The maximum Gasteiger partial charge on any atom is 0.339 e. The van der Waals surface area contributed by atoms with Gasteiger partial charge in [-0.15, -0.1) is 0 Å². The second kappa shape index (κ2) is 9.21. The van der Waals surface area contributed by atoms with Gasteiger partial charge >= 0.3 is 5.97 Å². The number of carboxylic acids is 1. The van der Waals surface area contributed by atoms with Crippen molar-refractivity contribution >= 4 is 28.5 Å². The van der Waals surface area contributed by atoms with E-state index in [9.17, 15) is 14.7 Å². The summed E-state index contributed by atoms with van der Waals surface area (Å²) < 4.78 is 6.09. The minimum atomic E-state index is -1.10. The lowest BCUT2D eigenvalue weighted by molar-refractivity contribution is 0.0696. The smallest absolute Gasteiger partial charge is 0.339 e. The van der Waals surface area contributed by atoms with E-state index in [2.05, 4.69) is 15.3 Å². The molecule has 0 atom stereocenters. The number of nitrogens with zero attached hydrogens (tertiary/aromatic N) is 2. The molecule has 1 saturated carbocycles. The first kappa shape index (κ1) is 21.5. The van der Waals surface area contributed by atoms with Crippen LogP contribution in [0.25, 0.3) is 10.9 Å². The molecule has 8 nitrogen and oxygen atoms in total. The highest BCUT2D eigenvalue weighted by Crippen LogP contribution is 2.34. The zero-order valence-electron chi connectivity index (χ0n) is 17.9. The maximum atomic E-state index is 12.3. The van der Waals surface area contributed by atoms with Crippen LogP contribution in [-0.2, 0) is 0 Å². The SMILES string of the molecule is Cc1nc2cccc(OCC3CCC(NC(=O)c4ccncc4)CC3)c2c(N)c1C(=O)O. The Balaban J connectivity index is 1.38. The van der Waals surface area contributed by atoms with Gasteiger partial charge in [-0.2, -0.15) is 0 Å². The Bertz CT molecular complexity index is 1140. The van der Waals surface area contributed by atoms with Crippen molar-refractivity contribution in [2.75, 3.05) is 12.3 Å². The number of anilines is 1. The highest BCUT2D eigenvalue weighted by Gasteiger charge is 2.24. The van der Waals surface area contributed by atoms with E-state index in [0.29, 0.717) is 40.4 Å². The normalized spacial score (nSPS) is 18.3. The molecule has 2 heterocycles. The van der Waals surface area contributed by atoms with Crippen molar-refractivity contribution in [2.45, 2.75) is 38.6 Å². The zero-order chi connectivity index (χ0) is 22.7. The van der Waals surface area contributed by atoms with Crippen molar-refractivity contribution in [3.8, 4) is 5.75 Å². The third-order valence-corrected chi connectivity index (χ3v) is 6.01. The van der Waals surface area contributed by atoms with Crippen LogP contribution in [0.1, 0.15) is 52.1 Å². The number of hydrogen-bond acceptors (Lipinski definition) is 6. The lowest BCUT2D eigenvalue weighted by atomic mass is 9.86. The molecular formula is C24H26N4O4. The van der Waals surface area contributed by atoms with Crippen LogP contribution in [0.5, 0.6) is 5.75 Å². The number of hydrogen-bond donors (Lipinski definition) is 3. The second-order valence-electron chi connectivity index (χ2n) is 8.18. The summed E-state index contributed by atoms with van der Waals surface area (Å²) in [6.45, 7) is 2.14. The molecule has 0 saturated heterocycles. The van der Waals surface area contributed by atoms with Crippen molar-refractivity contribution in [3.05, 3.63) is 59.5 Å².